The molecule has 3 fully saturated rings. The third-order valence-electron chi connectivity index (χ3n) is 10.7. The minimum absolute atomic E-state index is 0.110. The van der Waals surface area contributed by atoms with Crippen LogP contribution in [0, 0.1) is 5.41 Å². The molecule has 1 aliphatic carbocycles. The number of likely N-dealkylation sites (tertiary alicyclic amines) is 1. The summed E-state index contributed by atoms with van der Waals surface area (Å²) >= 11 is 14.3. The first-order chi connectivity index (χ1) is 24.2. The van der Waals surface area contributed by atoms with Gasteiger partial charge in [0.15, 0.2) is 0 Å². The second kappa shape index (κ2) is 14.3. The second-order valence-electron chi connectivity index (χ2n) is 14.0. The van der Waals surface area contributed by atoms with Crippen molar-refractivity contribution < 1.29 is 19.1 Å². The molecule has 2 aliphatic heterocycles. The average molecular weight is 714 g/mol. The Labute approximate surface area is 303 Å². The van der Waals surface area contributed by atoms with Crippen molar-refractivity contribution in [2.45, 2.75) is 70.4 Å². The zero-order valence-corrected chi connectivity index (χ0v) is 30.2. The topological polar surface area (TPSA) is 93.7 Å². The number of ether oxygens (including phenoxy) is 2. The zero-order valence-electron chi connectivity index (χ0n) is 28.7. The van der Waals surface area contributed by atoms with Gasteiger partial charge in [0.2, 0.25) is 17.7 Å². The number of halogens is 2. The Morgan fingerprint density at radius 1 is 0.860 bits per heavy atom. The van der Waals surface area contributed by atoms with Crippen LogP contribution >= 0.6 is 23.2 Å². The molecule has 1 N–H and O–H groups in total. The van der Waals surface area contributed by atoms with Gasteiger partial charge in [-0.05, 0) is 57.2 Å². The molecule has 2 atom stereocenters. The summed E-state index contributed by atoms with van der Waals surface area (Å²) in [7, 11) is 3.28. The van der Waals surface area contributed by atoms with Gasteiger partial charge in [0, 0.05) is 83.2 Å². The van der Waals surface area contributed by atoms with Crippen molar-refractivity contribution in [3.63, 3.8) is 0 Å². The van der Waals surface area contributed by atoms with E-state index in [0.717, 1.165) is 78.6 Å². The van der Waals surface area contributed by atoms with E-state index in [4.69, 9.17) is 42.6 Å². The number of rotatable bonds is 11. The number of aryl methyl sites for hydroxylation is 1. The largest absolute Gasteiger partial charge is 0.481 e. The summed E-state index contributed by atoms with van der Waals surface area (Å²) in [5.74, 6) is 1.66. The number of hydrogen-bond donors (Lipinski definition) is 1. The first-order valence-corrected chi connectivity index (χ1v) is 18.2. The van der Waals surface area contributed by atoms with Gasteiger partial charge in [-0.1, -0.05) is 65.7 Å². The van der Waals surface area contributed by atoms with Crippen LogP contribution in [-0.4, -0.2) is 59.9 Å². The van der Waals surface area contributed by atoms with E-state index < -0.39 is 0 Å². The Bertz CT molecular complexity index is 1940. The van der Waals surface area contributed by atoms with Crippen molar-refractivity contribution >= 4 is 34.9 Å². The van der Waals surface area contributed by atoms with E-state index in [1.165, 1.54) is 0 Å². The maximum absolute atomic E-state index is 11.9. The van der Waals surface area contributed by atoms with Gasteiger partial charge < -0.3 is 14.8 Å². The van der Waals surface area contributed by atoms with Crippen LogP contribution < -0.4 is 14.8 Å². The predicted octanol–water partition coefficient (Wildman–Crippen LogP) is 8.52. The quantitative estimate of drug-likeness (QED) is 0.167. The number of hydrogen-bond acceptors (Lipinski definition) is 7. The SMILES string of the molecule is COc1nc(-c2cccc(-c3cccc(-c4ccc([C@@H](C)N5CC6(CCC(=O)C6)C5)c(OC)n4)c3Cl)c2Cl)ccc1CCC[C@@H]1CCC(=O)N1. The van der Waals surface area contributed by atoms with Crippen molar-refractivity contribution in [1.29, 1.82) is 0 Å². The number of nitrogens with zero attached hydrogens (tertiary/aromatic N) is 3. The molecule has 0 unspecified atom stereocenters. The molecule has 4 heterocycles. The number of ketones is 1. The van der Waals surface area contributed by atoms with Gasteiger partial charge in [-0.3, -0.25) is 14.5 Å². The number of carbonyl (C=O) groups is 2. The van der Waals surface area contributed by atoms with Crippen LogP contribution in [0.3, 0.4) is 0 Å². The molecule has 1 amide bonds. The van der Waals surface area contributed by atoms with E-state index in [0.29, 0.717) is 58.2 Å². The first kappa shape index (κ1) is 34.5. The fourth-order valence-electron chi connectivity index (χ4n) is 7.93. The van der Waals surface area contributed by atoms with Crippen LogP contribution in [0.2, 0.25) is 10.0 Å². The summed E-state index contributed by atoms with van der Waals surface area (Å²) in [6.07, 6.45) is 6.58. The van der Waals surface area contributed by atoms with Crippen molar-refractivity contribution in [3.8, 4) is 45.4 Å². The molecular weight excluding hydrogens is 671 g/mol. The highest BCUT2D eigenvalue weighted by molar-refractivity contribution is 6.39. The summed E-state index contributed by atoms with van der Waals surface area (Å²) in [5.41, 5.74) is 6.71. The highest BCUT2D eigenvalue weighted by Gasteiger charge is 2.49. The molecule has 2 aromatic carbocycles. The van der Waals surface area contributed by atoms with Gasteiger partial charge in [0.25, 0.3) is 0 Å². The predicted molar refractivity (Wildman–Crippen MR) is 197 cm³/mol. The third-order valence-corrected chi connectivity index (χ3v) is 11.5. The van der Waals surface area contributed by atoms with Gasteiger partial charge in [0.1, 0.15) is 5.78 Å². The van der Waals surface area contributed by atoms with Crippen LogP contribution in [0.5, 0.6) is 11.8 Å². The molecule has 0 bridgehead atoms. The third kappa shape index (κ3) is 6.73. The van der Waals surface area contributed by atoms with E-state index in [1.807, 2.05) is 54.6 Å². The van der Waals surface area contributed by atoms with E-state index in [9.17, 15) is 9.59 Å². The molecule has 2 aromatic heterocycles. The molecule has 8 nitrogen and oxygen atoms in total. The molecule has 3 aliphatic rings. The van der Waals surface area contributed by atoms with E-state index in [2.05, 4.69) is 23.2 Å². The lowest BCUT2D eigenvalue weighted by atomic mass is 9.77. The Morgan fingerprint density at radius 2 is 1.48 bits per heavy atom. The Morgan fingerprint density at radius 3 is 2.06 bits per heavy atom. The van der Waals surface area contributed by atoms with Crippen LogP contribution in [0.25, 0.3) is 33.6 Å². The number of aromatic nitrogens is 2. The Hall–Kier alpha value is -3.98. The molecule has 4 aromatic rings. The van der Waals surface area contributed by atoms with Crippen molar-refractivity contribution in [1.82, 2.24) is 20.2 Å². The lowest BCUT2D eigenvalue weighted by Gasteiger charge is -2.50. The van der Waals surface area contributed by atoms with Gasteiger partial charge >= 0.3 is 0 Å². The highest BCUT2D eigenvalue weighted by Crippen LogP contribution is 2.48. The summed E-state index contributed by atoms with van der Waals surface area (Å²) in [4.78, 5) is 35.6. The first-order valence-electron chi connectivity index (χ1n) is 17.4. The van der Waals surface area contributed by atoms with E-state index >= 15 is 0 Å². The smallest absolute Gasteiger partial charge is 0.220 e. The van der Waals surface area contributed by atoms with Gasteiger partial charge in [-0.2, -0.15) is 0 Å². The number of benzene rings is 2. The van der Waals surface area contributed by atoms with Crippen molar-refractivity contribution in [3.05, 3.63) is 81.8 Å². The summed E-state index contributed by atoms with van der Waals surface area (Å²) in [6, 6.07) is 20.2. The summed E-state index contributed by atoms with van der Waals surface area (Å²) in [5, 5.41) is 4.12. The Kier molecular flexibility index (Phi) is 9.88. The molecule has 2 saturated heterocycles. The maximum atomic E-state index is 11.9. The lowest BCUT2D eigenvalue weighted by molar-refractivity contribution is -0.120. The lowest BCUT2D eigenvalue weighted by Crippen LogP contribution is -2.55. The van der Waals surface area contributed by atoms with Crippen LogP contribution in [0.1, 0.15) is 69.0 Å². The number of methoxy groups -OCH3 is 2. The number of nitrogens with one attached hydrogen (secondary N) is 1. The number of carbonyl (C=O) groups excluding carboxylic acids is 2. The van der Waals surface area contributed by atoms with Crippen molar-refractivity contribution in [2.24, 2.45) is 5.41 Å². The molecule has 1 spiro atoms. The highest BCUT2D eigenvalue weighted by atomic mass is 35.5. The molecule has 0 radical (unpaired) electrons. The van der Waals surface area contributed by atoms with E-state index in [-0.39, 0.29) is 23.4 Å². The maximum Gasteiger partial charge on any atom is 0.220 e. The normalized spacial score (nSPS) is 19.0. The molecule has 260 valence electrons. The second-order valence-corrected chi connectivity index (χ2v) is 14.7. The Balaban J connectivity index is 1.11. The molecule has 10 heteroatoms. The van der Waals surface area contributed by atoms with Gasteiger partial charge in [-0.15, -0.1) is 0 Å². The van der Waals surface area contributed by atoms with Gasteiger partial charge in [0.05, 0.1) is 35.7 Å². The van der Waals surface area contributed by atoms with Crippen LogP contribution in [0.15, 0.2) is 60.7 Å². The van der Waals surface area contributed by atoms with Gasteiger partial charge in [-0.25, -0.2) is 9.97 Å². The van der Waals surface area contributed by atoms with E-state index in [1.54, 1.807) is 14.2 Å². The number of Topliss-reactive ketones (excluding diaryl/α,β-unsaturated/α-hetero) is 1. The molecule has 50 heavy (non-hydrogen) atoms. The fraction of sp³-hybridized carbons (Fsp3) is 0.400. The average Bonchev–Trinajstić information content (AvgIpc) is 3.72. The summed E-state index contributed by atoms with van der Waals surface area (Å²) < 4.78 is 11.5. The molecule has 7 rings (SSSR count). The zero-order chi connectivity index (χ0) is 35.0. The number of pyridine rings is 2. The van der Waals surface area contributed by atoms with Crippen LogP contribution in [-0.2, 0) is 16.0 Å². The number of amides is 1. The standard InChI is InChI=1S/C40H42Cl2N4O4/c1-24(46-22-40(23-46)20-19-27(47)21-40)28-15-17-34(45-39(28)50-3)32-12-6-10-30(37(32)42)29-9-5-11-31(36(29)41)33-16-13-25(38(44-33)49-2)7-4-8-26-14-18-35(48)43-26/h5-6,9-13,15-17,24,26H,4,7-8,14,18-23H2,1-3H3,(H,43,48)/t24-,26-/m1/s1. The molecule has 1 saturated carbocycles. The fourth-order valence-corrected chi connectivity index (χ4v) is 8.58. The minimum Gasteiger partial charge on any atom is -0.481 e. The van der Waals surface area contributed by atoms with Crippen molar-refractivity contribution in [2.75, 3.05) is 27.3 Å². The summed E-state index contributed by atoms with van der Waals surface area (Å²) in [6.45, 7) is 4.02. The molecular formula is C40H42Cl2N4O4. The minimum atomic E-state index is 0.110. The van der Waals surface area contributed by atoms with Crippen LogP contribution in [0.4, 0.5) is 0 Å². The monoisotopic (exact) mass is 712 g/mol.